The average molecular weight is 345 g/mol. The Labute approximate surface area is 143 Å². The summed E-state index contributed by atoms with van der Waals surface area (Å²) in [5, 5.41) is 11.4. The first-order valence-corrected chi connectivity index (χ1v) is 8.83. The third kappa shape index (κ3) is 3.07. The van der Waals surface area contributed by atoms with Crippen LogP contribution >= 0.6 is 11.3 Å². The molecule has 0 aliphatic carbocycles. The minimum Gasteiger partial charge on any atom is -0.459 e. The van der Waals surface area contributed by atoms with Crippen LogP contribution in [0.4, 0.5) is 5.13 Å². The number of thiazole rings is 1. The van der Waals surface area contributed by atoms with Crippen LogP contribution in [0.2, 0.25) is 0 Å². The van der Waals surface area contributed by atoms with Crippen molar-refractivity contribution in [1.82, 2.24) is 20.1 Å². The largest absolute Gasteiger partial charge is 0.459 e. The number of rotatable bonds is 4. The van der Waals surface area contributed by atoms with E-state index in [0.717, 1.165) is 42.6 Å². The minimum absolute atomic E-state index is 0.449. The highest BCUT2D eigenvalue weighted by molar-refractivity contribution is 7.13. The van der Waals surface area contributed by atoms with Gasteiger partial charge in [-0.3, -0.25) is 4.90 Å². The smallest absolute Gasteiger partial charge is 0.283 e. The molecular formula is C16H19N5O2S. The monoisotopic (exact) mass is 345 g/mol. The van der Waals surface area contributed by atoms with Crippen molar-refractivity contribution in [2.45, 2.75) is 20.4 Å². The average Bonchev–Trinajstić information content (AvgIpc) is 3.30. The van der Waals surface area contributed by atoms with Crippen molar-refractivity contribution in [3.8, 4) is 11.7 Å². The number of hydrogen-bond donors (Lipinski definition) is 0. The van der Waals surface area contributed by atoms with E-state index in [2.05, 4.69) is 30.4 Å². The number of aryl methyl sites for hydroxylation is 2. The van der Waals surface area contributed by atoms with E-state index in [1.807, 2.05) is 19.9 Å². The Morgan fingerprint density at radius 1 is 1.17 bits per heavy atom. The molecule has 1 aliphatic heterocycles. The van der Waals surface area contributed by atoms with Crippen LogP contribution in [0, 0.1) is 13.8 Å². The first-order chi connectivity index (χ1) is 11.7. The first kappa shape index (κ1) is 15.3. The Bertz CT molecular complexity index is 816. The van der Waals surface area contributed by atoms with Crippen LogP contribution < -0.4 is 4.90 Å². The SMILES string of the molecule is Cc1csc(N2CCN(Cc3nnc(-c4occc4C)o3)CC2)n1. The molecule has 0 aromatic carbocycles. The van der Waals surface area contributed by atoms with Crippen LogP contribution in [-0.4, -0.2) is 46.3 Å². The van der Waals surface area contributed by atoms with Gasteiger partial charge in [0.25, 0.3) is 5.89 Å². The Hall–Kier alpha value is -2.19. The van der Waals surface area contributed by atoms with Gasteiger partial charge in [0.15, 0.2) is 10.9 Å². The zero-order valence-electron chi connectivity index (χ0n) is 13.7. The standard InChI is InChI=1S/C16H19N5O2S/c1-11-3-8-22-14(11)15-19-18-13(23-15)9-20-4-6-21(7-5-20)16-17-12(2)10-24-16/h3,8,10H,4-7,9H2,1-2H3. The van der Waals surface area contributed by atoms with Gasteiger partial charge in [0, 0.05) is 37.1 Å². The molecule has 0 spiro atoms. The molecule has 0 radical (unpaired) electrons. The van der Waals surface area contributed by atoms with Gasteiger partial charge >= 0.3 is 0 Å². The molecule has 0 amide bonds. The lowest BCUT2D eigenvalue weighted by molar-refractivity contribution is 0.226. The van der Waals surface area contributed by atoms with Crippen molar-refractivity contribution in [1.29, 1.82) is 0 Å². The topological polar surface area (TPSA) is 71.4 Å². The summed E-state index contributed by atoms with van der Waals surface area (Å²) in [5.41, 5.74) is 2.08. The Kier molecular flexibility index (Phi) is 4.07. The van der Waals surface area contributed by atoms with E-state index < -0.39 is 0 Å². The van der Waals surface area contributed by atoms with E-state index in [1.165, 1.54) is 0 Å². The fraction of sp³-hybridized carbons (Fsp3) is 0.438. The molecule has 4 rings (SSSR count). The molecule has 1 saturated heterocycles. The van der Waals surface area contributed by atoms with Crippen molar-refractivity contribution in [3.05, 3.63) is 34.9 Å². The van der Waals surface area contributed by atoms with Crippen LogP contribution in [0.3, 0.4) is 0 Å². The van der Waals surface area contributed by atoms with Gasteiger partial charge in [-0.25, -0.2) is 4.98 Å². The number of furan rings is 1. The van der Waals surface area contributed by atoms with Crippen LogP contribution in [-0.2, 0) is 6.54 Å². The van der Waals surface area contributed by atoms with E-state index >= 15 is 0 Å². The van der Waals surface area contributed by atoms with Gasteiger partial charge in [0.1, 0.15) is 0 Å². The molecule has 1 aliphatic rings. The molecule has 4 heterocycles. The quantitative estimate of drug-likeness (QED) is 0.720. The predicted molar refractivity (Wildman–Crippen MR) is 91.1 cm³/mol. The van der Waals surface area contributed by atoms with Crippen LogP contribution in [0.25, 0.3) is 11.7 Å². The highest BCUT2D eigenvalue weighted by Crippen LogP contribution is 2.24. The molecule has 0 saturated carbocycles. The van der Waals surface area contributed by atoms with Gasteiger partial charge in [-0.2, -0.15) is 0 Å². The number of nitrogens with zero attached hydrogens (tertiary/aromatic N) is 5. The first-order valence-electron chi connectivity index (χ1n) is 7.95. The van der Waals surface area contributed by atoms with Gasteiger partial charge in [-0.15, -0.1) is 21.5 Å². The molecule has 24 heavy (non-hydrogen) atoms. The molecule has 3 aromatic rings. The Morgan fingerprint density at radius 2 is 2.00 bits per heavy atom. The van der Waals surface area contributed by atoms with Gasteiger partial charge in [0.05, 0.1) is 18.5 Å². The second-order valence-corrected chi connectivity index (χ2v) is 6.80. The van der Waals surface area contributed by atoms with E-state index in [9.17, 15) is 0 Å². The molecule has 126 valence electrons. The van der Waals surface area contributed by atoms with Gasteiger partial charge in [-0.05, 0) is 19.9 Å². The van der Waals surface area contributed by atoms with Crippen molar-refractivity contribution in [2.24, 2.45) is 0 Å². The molecule has 0 bridgehead atoms. The van der Waals surface area contributed by atoms with Crippen molar-refractivity contribution < 1.29 is 8.83 Å². The summed E-state index contributed by atoms with van der Waals surface area (Å²) in [5.74, 6) is 1.72. The van der Waals surface area contributed by atoms with E-state index in [-0.39, 0.29) is 0 Å². The van der Waals surface area contributed by atoms with Crippen LogP contribution in [0.15, 0.2) is 26.5 Å². The lowest BCUT2D eigenvalue weighted by Crippen LogP contribution is -2.46. The fourth-order valence-electron chi connectivity index (χ4n) is 2.78. The third-order valence-electron chi connectivity index (χ3n) is 4.13. The Balaban J connectivity index is 1.36. The summed E-state index contributed by atoms with van der Waals surface area (Å²) in [7, 11) is 0. The maximum atomic E-state index is 5.74. The Morgan fingerprint density at radius 3 is 2.67 bits per heavy atom. The second kappa shape index (κ2) is 6.37. The maximum Gasteiger partial charge on any atom is 0.283 e. The fourth-order valence-corrected chi connectivity index (χ4v) is 3.63. The van der Waals surface area contributed by atoms with Crippen LogP contribution in [0.5, 0.6) is 0 Å². The molecular weight excluding hydrogens is 326 g/mol. The number of hydrogen-bond acceptors (Lipinski definition) is 8. The molecule has 8 heteroatoms. The van der Waals surface area contributed by atoms with Gasteiger partial charge < -0.3 is 13.7 Å². The zero-order valence-corrected chi connectivity index (χ0v) is 14.5. The highest BCUT2D eigenvalue weighted by Gasteiger charge is 2.21. The number of piperazine rings is 1. The lowest BCUT2D eigenvalue weighted by atomic mass is 10.3. The third-order valence-corrected chi connectivity index (χ3v) is 5.15. The van der Waals surface area contributed by atoms with E-state index in [0.29, 0.717) is 24.1 Å². The highest BCUT2D eigenvalue weighted by atomic mass is 32.1. The van der Waals surface area contributed by atoms with Crippen molar-refractivity contribution in [3.63, 3.8) is 0 Å². The molecule has 0 N–H and O–H groups in total. The molecule has 0 unspecified atom stereocenters. The van der Waals surface area contributed by atoms with E-state index in [4.69, 9.17) is 8.83 Å². The molecule has 0 atom stereocenters. The summed E-state index contributed by atoms with van der Waals surface area (Å²) in [6.45, 7) is 8.49. The maximum absolute atomic E-state index is 5.74. The predicted octanol–water partition coefficient (Wildman–Crippen LogP) is 2.73. The van der Waals surface area contributed by atoms with Gasteiger partial charge in [0.2, 0.25) is 5.89 Å². The second-order valence-electron chi connectivity index (χ2n) is 5.97. The molecule has 3 aromatic heterocycles. The lowest BCUT2D eigenvalue weighted by Gasteiger charge is -2.33. The summed E-state index contributed by atoms with van der Waals surface area (Å²) < 4.78 is 11.1. The van der Waals surface area contributed by atoms with E-state index in [1.54, 1.807) is 17.6 Å². The van der Waals surface area contributed by atoms with Crippen LogP contribution in [0.1, 0.15) is 17.1 Å². The normalized spacial score (nSPS) is 16.0. The summed E-state index contributed by atoms with van der Waals surface area (Å²) in [4.78, 5) is 9.21. The zero-order chi connectivity index (χ0) is 16.5. The summed E-state index contributed by atoms with van der Waals surface area (Å²) in [6, 6.07) is 1.89. The number of anilines is 1. The van der Waals surface area contributed by atoms with Crippen molar-refractivity contribution >= 4 is 16.5 Å². The minimum atomic E-state index is 0.449. The number of aromatic nitrogens is 3. The summed E-state index contributed by atoms with van der Waals surface area (Å²) in [6.07, 6.45) is 1.63. The molecule has 1 fully saturated rings. The van der Waals surface area contributed by atoms with Gasteiger partial charge in [-0.1, -0.05) is 0 Å². The summed E-state index contributed by atoms with van der Waals surface area (Å²) >= 11 is 1.71. The molecule has 7 nitrogen and oxygen atoms in total. The van der Waals surface area contributed by atoms with Crippen molar-refractivity contribution in [2.75, 3.05) is 31.1 Å².